The summed E-state index contributed by atoms with van der Waals surface area (Å²) < 4.78 is 13.1. The van der Waals surface area contributed by atoms with E-state index in [4.69, 9.17) is 5.73 Å². The maximum atomic E-state index is 13.1. The number of aryl methyl sites for hydroxylation is 2. The maximum Gasteiger partial charge on any atom is 0.123 e. The van der Waals surface area contributed by atoms with E-state index >= 15 is 0 Å². The number of hydrogen-bond acceptors (Lipinski definition) is 1. The van der Waals surface area contributed by atoms with Crippen molar-refractivity contribution < 1.29 is 4.39 Å². The molecule has 2 heteroatoms. The predicted octanol–water partition coefficient (Wildman–Crippen LogP) is 3.49. The second kappa shape index (κ2) is 4.68. The van der Waals surface area contributed by atoms with E-state index in [-0.39, 0.29) is 11.9 Å². The first-order valence-electron chi connectivity index (χ1n) is 5.65. The average molecular weight is 229 g/mol. The Balaban J connectivity index is 2.39. The molecule has 0 aromatic heterocycles. The summed E-state index contributed by atoms with van der Waals surface area (Å²) in [5.74, 6) is -0.248. The summed E-state index contributed by atoms with van der Waals surface area (Å²) in [6.07, 6.45) is 0. The average Bonchev–Trinajstić information content (AvgIpc) is 2.26. The number of rotatable bonds is 2. The monoisotopic (exact) mass is 229 g/mol. The molecule has 17 heavy (non-hydrogen) atoms. The van der Waals surface area contributed by atoms with E-state index in [0.29, 0.717) is 0 Å². The van der Waals surface area contributed by atoms with Crippen molar-refractivity contribution in [3.63, 3.8) is 0 Å². The van der Waals surface area contributed by atoms with E-state index < -0.39 is 0 Å². The minimum Gasteiger partial charge on any atom is -0.320 e. The van der Waals surface area contributed by atoms with Crippen LogP contribution in [0.15, 0.2) is 42.5 Å². The summed E-state index contributed by atoms with van der Waals surface area (Å²) in [6.45, 7) is 4.07. The molecule has 0 radical (unpaired) electrons. The lowest BCUT2D eigenvalue weighted by Gasteiger charge is -2.14. The first-order valence-corrected chi connectivity index (χ1v) is 5.65. The lowest BCUT2D eigenvalue weighted by atomic mass is 9.96. The third-order valence-electron chi connectivity index (χ3n) is 2.81. The van der Waals surface area contributed by atoms with E-state index in [9.17, 15) is 4.39 Å². The van der Waals surface area contributed by atoms with Gasteiger partial charge in [-0.05, 0) is 37.1 Å². The quantitative estimate of drug-likeness (QED) is 0.838. The molecule has 0 fully saturated rings. The Labute approximate surface area is 101 Å². The maximum absolute atomic E-state index is 13.1. The third kappa shape index (κ3) is 2.71. The Morgan fingerprint density at radius 1 is 0.941 bits per heavy atom. The van der Waals surface area contributed by atoms with Crippen molar-refractivity contribution >= 4 is 0 Å². The van der Waals surface area contributed by atoms with Crippen LogP contribution < -0.4 is 5.73 Å². The predicted molar refractivity (Wildman–Crippen MR) is 68.3 cm³/mol. The van der Waals surface area contributed by atoms with Gasteiger partial charge in [0.25, 0.3) is 0 Å². The standard InChI is InChI=1S/C15H16FN/c1-10-6-11(2)8-13(7-10)15(17)12-4-3-5-14(16)9-12/h3-9,15H,17H2,1-2H3. The fourth-order valence-corrected chi connectivity index (χ4v) is 2.08. The van der Waals surface area contributed by atoms with Gasteiger partial charge in [-0.3, -0.25) is 0 Å². The van der Waals surface area contributed by atoms with Gasteiger partial charge >= 0.3 is 0 Å². The van der Waals surface area contributed by atoms with Crippen LogP contribution >= 0.6 is 0 Å². The minimum atomic E-state index is -0.274. The molecule has 0 amide bonds. The number of nitrogens with two attached hydrogens (primary N) is 1. The molecule has 0 aliphatic heterocycles. The Bertz CT molecular complexity index is 514. The van der Waals surface area contributed by atoms with Gasteiger partial charge in [0, 0.05) is 0 Å². The van der Waals surface area contributed by atoms with Crippen molar-refractivity contribution in [1.82, 2.24) is 0 Å². The highest BCUT2D eigenvalue weighted by Gasteiger charge is 2.10. The Hall–Kier alpha value is -1.67. The highest BCUT2D eigenvalue weighted by molar-refractivity contribution is 5.36. The van der Waals surface area contributed by atoms with Gasteiger partial charge in [-0.1, -0.05) is 41.5 Å². The fraction of sp³-hybridized carbons (Fsp3) is 0.200. The molecule has 0 saturated carbocycles. The Morgan fingerprint density at radius 2 is 1.59 bits per heavy atom. The number of benzene rings is 2. The van der Waals surface area contributed by atoms with E-state index in [1.54, 1.807) is 6.07 Å². The summed E-state index contributed by atoms with van der Waals surface area (Å²) in [4.78, 5) is 0. The van der Waals surface area contributed by atoms with Crippen molar-refractivity contribution in [2.45, 2.75) is 19.9 Å². The molecule has 1 unspecified atom stereocenters. The number of halogens is 1. The van der Waals surface area contributed by atoms with Crippen LogP contribution in [0.4, 0.5) is 4.39 Å². The van der Waals surface area contributed by atoms with Gasteiger partial charge in [-0.15, -0.1) is 0 Å². The van der Waals surface area contributed by atoms with Gasteiger partial charge in [0.05, 0.1) is 6.04 Å². The lowest BCUT2D eigenvalue weighted by molar-refractivity contribution is 0.623. The zero-order valence-corrected chi connectivity index (χ0v) is 10.1. The molecule has 0 aliphatic carbocycles. The van der Waals surface area contributed by atoms with E-state index in [1.165, 1.54) is 23.3 Å². The van der Waals surface area contributed by atoms with Crippen molar-refractivity contribution in [2.24, 2.45) is 5.73 Å². The van der Waals surface area contributed by atoms with Gasteiger partial charge in [0.2, 0.25) is 0 Å². The van der Waals surface area contributed by atoms with Crippen LogP contribution in [0.25, 0.3) is 0 Å². The Kier molecular flexibility index (Phi) is 3.25. The Morgan fingerprint density at radius 3 is 2.18 bits per heavy atom. The van der Waals surface area contributed by atoms with Crippen molar-refractivity contribution in [2.75, 3.05) is 0 Å². The first-order chi connectivity index (χ1) is 8.06. The number of hydrogen-bond donors (Lipinski definition) is 1. The second-order valence-electron chi connectivity index (χ2n) is 4.45. The van der Waals surface area contributed by atoms with Crippen LogP contribution in [-0.4, -0.2) is 0 Å². The largest absolute Gasteiger partial charge is 0.320 e. The highest BCUT2D eigenvalue weighted by Crippen LogP contribution is 2.22. The van der Waals surface area contributed by atoms with Gasteiger partial charge in [0.15, 0.2) is 0 Å². The van der Waals surface area contributed by atoms with Crippen molar-refractivity contribution in [1.29, 1.82) is 0 Å². The normalized spacial score (nSPS) is 12.5. The smallest absolute Gasteiger partial charge is 0.123 e. The van der Waals surface area contributed by atoms with E-state index in [1.807, 2.05) is 32.0 Å². The van der Waals surface area contributed by atoms with Crippen molar-refractivity contribution in [3.8, 4) is 0 Å². The molecule has 0 spiro atoms. The van der Waals surface area contributed by atoms with Gasteiger partial charge in [-0.2, -0.15) is 0 Å². The topological polar surface area (TPSA) is 26.0 Å². The molecule has 0 heterocycles. The summed E-state index contributed by atoms with van der Waals surface area (Å²) in [7, 11) is 0. The summed E-state index contributed by atoms with van der Waals surface area (Å²) in [6, 6.07) is 12.4. The summed E-state index contributed by atoms with van der Waals surface area (Å²) in [5, 5.41) is 0. The molecular weight excluding hydrogens is 213 g/mol. The van der Waals surface area contributed by atoms with Crippen LogP contribution in [0, 0.1) is 19.7 Å². The SMILES string of the molecule is Cc1cc(C)cc(C(N)c2cccc(F)c2)c1. The summed E-state index contributed by atoms with van der Waals surface area (Å²) >= 11 is 0. The zero-order valence-electron chi connectivity index (χ0n) is 10.1. The van der Waals surface area contributed by atoms with Crippen LogP contribution in [0.1, 0.15) is 28.3 Å². The highest BCUT2D eigenvalue weighted by atomic mass is 19.1. The van der Waals surface area contributed by atoms with Crippen LogP contribution in [0.5, 0.6) is 0 Å². The molecule has 2 rings (SSSR count). The molecule has 1 atom stereocenters. The minimum absolute atomic E-state index is 0.248. The third-order valence-corrected chi connectivity index (χ3v) is 2.81. The molecule has 0 aliphatic rings. The fourth-order valence-electron chi connectivity index (χ4n) is 2.08. The lowest BCUT2D eigenvalue weighted by Crippen LogP contribution is -2.12. The molecule has 1 nitrogen and oxygen atoms in total. The van der Waals surface area contributed by atoms with Crippen LogP contribution in [0.3, 0.4) is 0 Å². The van der Waals surface area contributed by atoms with Crippen molar-refractivity contribution in [3.05, 3.63) is 70.5 Å². The zero-order chi connectivity index (χ0) is 12.4. The molecule has 2 aromatic carbocycles. The van der Waals surface area contributed by atoms with E-state index in [0.717, 1.165) is 11.1 Å². The first kappa shape index (κ1) is 11.8. The van der Waals surface area contributed by atoms with E-state index in [2.05, 4.69) is 6.07 Å². The second-order valence-corrected chi connectivity index (χ2v) is 4.45. The van der Waals surface area contributed by atoms with Crippen LogP contribution in [0.2, 0.25) is 0 Å². The van der Waals surface area contributed by atoms with Crippen LogP contribution in [-0.2, 0) is 0 Å². The van der Waals surface area contributed by atoms with Gasteiger partial charge in [0.1, 0.15) is 5.82 Å². The van der Waals surface area contributed by atoms with Gasteiger partial charge in [-0.25, -0.2) is 4.39 Å². The molecule has 2 aromatic rings. The molecular formula is C15H16FN. The molecule has 2 N–H and O–H groups in total. The summed E-state index contributed by atoms with van der Waals surface area (Å²) in [5.41, 5.74) is 10.3. The molecule has 88 valence electrons. The van der Waals surface area contributed by atoms with Gasteiger partial charge < -0.3 is 5.73 Å². The molecule has 0 bridgehead atoms. The molecule has 0 saturated heterocycles.